The van der Waals surface area contributed by atoms with Crippen LogP contribution >= 0.6 is 11.3 Å². The molecule has 0 aliphatic carbocycles. The first-order valence-electron chi connectivity index (χ1n) is 10.8. The van der Waals surface area contributed by atoms with E-state index in [1.54, 1.807) is 28.1 Å². The van der Waals surface area contributed by atoms with Gasteiger partial charge in [0.25, 0.3) is 15.9 Å². The number of anilines is 1. The zero-order chi connectivity index (χ0) is 24.1. The second kappa shape index (κ2) is 10.2. The summed E-state index contributed by atoms with van der Waals surface area (Å²) in [7, 11) is -3.84. The summed E-state index contributed by atoms with van der Waals surface area (Å²) >= 11 is 1.08. The molecule has 0 spiro atoms. The van der Waals surface area contributed by atoms with Crippen molar-refractivity contribution in [1.29, 1.82) is 0 Å². The first-order valence-corrected chi connectivity index (χ1v) is 13.2. The van der Waals surface area contributed by atoms with Crippen molar-refractivity contribution in [3.63, 3.8) is 0 Å². The number of nitrogens with one attached hydrogen (secondary N) is 1. The van der Waals surface area contributed by atoms with Crippen LogP contribution in [0.2, 0.25) is 0 Å². The molecule has 2 aromatic heterocycles. The average molecular weight is 497 g/mol. The molecule has 0 saturated heterocycles. The predicted octanol–water partition coefficient (Wildman–Crippen LogP) is 6.32. The zero-order valence-corrected chi connectivity index (χ0v) is 20.1. The summed E-state index contributed by atoms with van der Waals surface area (Å²) in [5.74, 6) is -0.785. The van der Waals surface area contributed by atoms with Crippen LogP contribution in [0, 0.1) is 0 Å². The van der Waals surface area contributed by atoms with Gasteiger partial charge in [0.05, 0.1) is 16.8 Å². The van der Waals surface area contributed by atoms with Gasteiger partial charge in [-0.25, -0.2) is 8.42 Å². The van der Waals surface area contributed by atoms with Crippen LogP contribution in [0.5, 0.6) is 5.88 Å². The van der Waals surface area contributed by atoms with Crippen LogP contribution in [0.1, 0.15) is 36.5 Å². The number of hydrogen-bond donors (Lipinski definition) is 2. The molecule has 1 amide bonds. The van der Waals surface area contributed by atoms with E-state index in [1.807, 2.05) is 24.3 Å². The van der Waals surface area contributed by atoms with Gasteiger partial charge in [0.2, 0.25) is 5.88 Å². The maximum atomic E-state index is 12.9. The number of carbonyl (C=O) groups excluding carboxylic acids is 1. The fraction of sp³-hybridized carbons (Fsp3) is 0.208. The minimum atomic E-state index is -3.84. The Morgan fingerprint density at radius 2 is 1.82 bits per heavy atom. The Bertz CT molecular complexity index is 1440. The van der Waals surface area contributed by atoms with Crippen molar-refractivity contribution in [3.8, 4) is 5.88 Å². The van der Waals surface area contributed by atoms with Crippen molar-refractivity contribution in [3.05, 3.63) is 71.6 Å². The Kier molecular flexibility index (Phi) is 7.09. The Balaban J connectivity index is 1.64. The summed E-state index contributed by atoms with van der Waals surface area (Å²) in [5, 5.41) is 21.0. The van der Waals surface area contributed by atoms with Gasteiger partial charge in [-0.3, -0.25) is 9.52 Å². The summed E-state index contributed by atoms with van der Waals surface area (Å²) in [6.45, 7) is 2.73. The van der Waals surface area contributed by atoms with E-state index in [2.05, 4.69) is 21.9 Å². The van der Waals surface area contributed by atoms with Crippen molar-refractivity contribution < 1.29 is 18.3 Å². The maximum Gasteiger partial charge on any atom is 0.297 e. The molecular formula is C24H24N4O4S2. The molecule has 4 rings (SSSR count). The first kappa shape index (κ1) is 23.7. The molecule has 176 valence electrons. The lowest BCUT2D eigenvalue weighted by molar-refractivity contribution is 0.0996. The van der Waals surface area contributed by atoms with Gasteiger partial charge in [-0.1, -0.05) is 56.2 Å². The molecule has 0 aliphatic rings. The number of unbranched alkanes of at least 4 members (excludes halogenated alkanes) is 2. The number of sulfonamides is 1. The Morgan fingerprint density at radius 1 is 1.06 bits per heavy atom. The van der Waals surface area contributed by atoms with E-state index in [0.717, 1.165) is 36.1 Å². The third-order valence-corrected chi connectivity index (χ3v) is 8.07. The average Bonchev–Trinajstić information content (AvgIpc) is 3.46. The number of hydrogen-bond acceptors (Lipinski definition) is 6. The molecule has 2 N–H and O–H groups in total. The van der Waals surface area contributed by atoms with Gasteiger partial charge in [0.1, 0.15) is 4.21 Å². The number of rotatable bonds is 9. The highest BCUT2D eigenvalue weighted by Gasteiger charge is 2.20. The highest BCUT2D eigenvalue weighted by Crippen LogP contribution is 2.39. The molecule has 2 heterocycles. The Morgan fingerprint density at radius 3 is 2.59 bits per heavy atom. The number of azo groups is 1. The van der Waals surface area contributed by atoms with Crippen LogP contribution < -0.4 is 4.72 Å². The summed E-state index contributed by atoms with van der Waals surface area (Å²) < 4.78 is 29.6. The molecule has 0 unspecified atom stereocenters. The number of fused-ring (bicyclic) bond motifs is 1. The molecule has 10 heteroatoms. The molecule has 0 aliphatic heterocycles. The standard InChI is InChI=1S/C24H24N4O4S2/c1-2-3-8-15-28-20-13-7-5-11-18(20)22(24(28)30)25-26-23(29)17-10-4-6-12-19(17)27-34(31,32)21-14-9-16-33-21/h4-7,9-14,16,27,30H,2-3,8,15H2,1H3. The largest absolute Gasteiger partial charge is 0.493 e. The van der Waals surface area contributed by atoms with E-state index < -0.39 is 15.9 Å². The van der Waals surface area contributed by atoms with Crippen molar-refractivity contribution >= 4 is 49.5 Å². The molecule has 34 heavy (non-hydrogen) atoms. The number of aromatic nitrogens is 1. The van der Waals surface area contributed by atoms with Gasteiger partial charge in [0, 0.05) is 11.9 Å². The highest BCUT2D eigenvalue weighted by molar-refractivity contribution is 7.94. The minimum absolute atomic E-state index is 0.0533. The van der Waals surface area contributed by atoms with Crippen molar-refractivity contribution in [2.45, 2.75) is 36.9 Å². The number of para-hydroxylation sites is 2. The molecular weight excluding hydrogens is 472 g/mol. The number of nitrogens with zero attached hydrogens (tertiary/aromatic N) is 3. The number of thiophene rings is 1. The highest BCUT2D eigenvalue weighted by atomic mass is 32.2. The van der Waals surface area contributed by atoms with Crippen molar-refractivity contribution in [2.24, 2.45) is 10.2 Å². The lowest BCUT2D eigenvalue weighted by Crippen LogP contribution is -2.14. The summed E-state index contributed by atoms with van der Waals surface area (Å²) in [6.07, 6.45) is 2.98. The monoisotopic (exact) mass is 496 g/mol. The van der Waals surface area contributed by atoms with Gasteiger partial charge in [-0.15, -0.1) is 21.6 Å². The van der Waals surface area contributed by atoms with Gasteiger partial charge < -0.3 is 9.67 Å². The fourth-order valence-electron chi connectivity index (χ4n) is 3.64. The number of carbonyl (C=O) groups is 1. The van der Waals surface area contributed by atoms with Gasteiger partial charge in [-0.05, 0) is 36.1 Å². The number of benzene rings is 2. The molecule has 2 aromatic carbocycles. The zero-order valence-electron chi connectivity index (χ0n) is 18.5. The third-order valence-electron chi connectivity index (χ3n) is 5.31. The van der Waals surface area contributed by atoms with E-state index in [0.29, 0.717) is 11.9 Å². The number of aromatic hydroxyl groups is 1. The molecule has 8 nitrogen and oxygen atoms in total. The topological polar surface area (TPSA) is 113 Å². The van der Waals surface area contributed by atoms with Crippen LogP contribution in [-0.2, 0) is 16.6 Å². The molecule has 4 aromatic rings. The maximum absolute atomic E-state index is 12.9. The smallest absolute Gasteiger partial charge is 0.297 e. The lowest BCUT2D eigenvalue weighted by atomic mass is 10.2. The van der Waals surface area contributed by atoms with Gasteiger partial charge in [-0.2, -0.15) is 0 Å². The number of aryl methyl sites for hydroxylation is 1. The van der Waals surface area contributed by atoms with Crippen LogP contribution in [0.15, 0.2) is 80.5 Å². The quantitative estimate of drug-likeness (QED) is 0.208. The first-order chi connectivity index (χ1) is 16.4. The summed E-state index contributed by atoms with van der Waals surface area (Å²) in [5.41, 5.74) is 1.17. The predicted molar refractivity (Wildman–Crippen MR) is 134 cm³/mol. The molecule has 0 saturated carbocycles. The van der Waals surface area contributed by atoms with Crippen LogP contribution in [0.4, 0.5) is 11.4 Å². The molecule has 0 bridgehead atoms. The van der Waals surface area contributed by atoms with E-state index in [1.165, 1.54) is 18.2 Å². The van der Waals surface area contributed by atoms with Crippen LogP contribution in [-0.4, -0.2) is 24.0 Å². The van der Waals surface area contributed by atoms with Crippen LogP contribution in [0.25, 0.3) is 10.9 Å². The van der Waals surface area contributed by atoms with E-state index in [4.69, 9.17) is 0 Å². The van der Waals surface area contributed by atoms with Gasteiger partial charge >= 0.3 is 0 Å². The summed E-state index contributed by atoms with van der Waals surface area (Å²) in [6, 6.07) is 16.7. The van der Waals surface area contributed by atoms with Gasteiger partial charge in [0.15, 0.2) is 5.69 Å². The third kappa shape index (κ3) is 4.87. The van der Waals surface area contributed by atoms with Crippen molar-refractivity contribution in [1.82, 2.24) is 4.57 Å². The lowest BCUT2D eigenvalue weighted by Gasteiger charge is -2.09. The second-order valence-corrected chi connectivity index (χ2v) is 10.5. The SMILES string of the molecule is CCCCCn1c(O)c(N=NC(=O)c2ccccc2NS(=O)(=O)c2cccs2)c2ccccc21. The second-order valence-electron chi connectivity index (χ2n) is 7.64. The number of amides is 1. The van der Waals surface area contributed by atoms with E-state index in [-0.39, 0.29) is 27.0 Å². The summed E-state index contributed by atoms with van der Waals surface area (Å²) in [4.78, 5) is 12.9. The Labute approximate surface area is 201 Å². The molecule has 0 atom stereocenters. The fourth-order valence-corrected chi connectivity index (χ4v) is 5.71. The Hall–Kier alpha value is -3.50. The van der Waals surface area contributed by atoms with Crippen LogP contribution in [0.3, 0.4) is 0 Å². The van der Waals surface area contributed by atoms with E-state index in [9.17, 15) is 18.3 Å². The molecule has 0 fully saturated rings. The molecule has 0 radical (unpaired) electrons. The van der Waals surface area contributed by atoms with Crippen molar-refractivity contribution in [2.75, 3.05) is 4.72 Å². The normalized spacial score (nSPS) is 11.9. The van der Waals surface area contributed by atoms with E-state index >= 15 is 0 Å². The minimum Gasteiger partial charge on any atom is -0.493 e.